The molecular weight excluding hydrogens is 236 g/mol. The molecular formula is C15H18N4. The summed E-state index contributed by atoms with van der Waals surface area (Å²) in [7, 11) is 1.91. The number of aromatic nitrogens is 2. The topological polar surface area (TPSA) is 41.0 Å². The Balaban J connectivity index is 1.93. The molecule has 0 amide bonds. The van der Waals surface area contributed by atoms with Gasteiger partial charge in [0.2, 0.25) is 0 Å². The van der Waals surface area contributed by atoms with Crippen LogP contribution in [0.1, 0.15) is 18.2 Å². The van der Waals surface area contributed by atoms with Gasteiger partial charge in [-0.1, -0.05) is 18.2 Å². The summed E-state index contributed by atoms with van der Waals surface area (Å²) in [6, 6.07) is 13.0. The quantitative estimate of drug-likeness (QED) is 0.912. The minimum Gasteiger partial charge on any atom is -0.321 e. The van der Waals surface area contributed by atoms with Crippen LogP contribution in [0.5, 0.6) is 0 Å². The second-order valence-corrected chi connectivity index (χ2v) is 4.97. The summed E-state index contributed by atoms with van der Waals surface area (Å²) in [5.41, 5.74) is 3.60. The molecule has 1 aromatic carbocycles. The maximum atomic E-state index is 4.36. The van der Waals surface area contributed by atoms with Gasteiger partial charge in [-0.2, -0.15) is 5.10 Å². The van der Waals surface area contributed by atoms with Crippen molar-refractivity contribution in [1.82, 2.24) is 15.5 Å². The van der Waals surface area contributed by atoms with Gasteiger partial charge in [-0.25, -0.2) is 0 Å². The molecule has 4 heteroatoms. The Kier molecular flexibility index (Phi) is 3.17. The molecule has 0 fully saturated rings. The number of fused-ring (bicyclic) bond motifs is 1. The highest BCUT2D eigenvalue weighted by molar-refractivity contribution is 5.68. The number of anilines is 2. The highest BCUT2D eigenvalue weighted by atomic mass is 15.3. The Hall–Kier alpha value is -1.94. The lowest BCUT2D eigenvalue weighted by Gasteiger charge is -2.23. The minimum absolute atomic E-state index is 0.432. The molecule has 1 atom stereocenters. The van der Waals surface area contributed by atoms with E-state index in [0.29, 0.717) is 6.04 Å². The van der Waals surface area contributed by atoms with Gasteiger partial charge in [0.15, 0.2) is 5.82 Å². The van der Waals surface area contributed by atoms with Crippen LogP contribution in [0.25, 0.3) is 0 Å². The van der Waals surface area contributed by atoms with Crippen LogP contribution in [0.4, 0.5) is 11.5 Å². The zero-order valence-corrected chi connectivity index (χ0v) is 11.3. The van der Waals surface area contributed by atoms with Crippen molar-refractivity contribution in [2.75, 3.05) is 11.9 Å². The van der Waals surface area contributed by atoms with Crippen LogP contribution in [0.15, 0.2) is 36.4 Å². The smallest absolute Gasteiger partial charge is 0.155 e. The first-order valence-electron chi connectivity index (χ1n) is 6.64. The highest BCUT2D eigenvalue weighted by Crippen LogP contribution is 2.36. The molecule has 0 spiro atoms. The first-order valence-corrected chi connectivity index (χ1v) is 6.64. The predicted molar refractivity (Wildman–Crippen MR) is 76.5 cm³/mol. The highest BCUT2D eigenvalue weighted by Gasteiger charge is 2.27. The Morgan fingerprint density at radius 2 is 2.05 bits per heavy atom. The van der Waals surface area contributed by atoms with Gasteiger partial charge in [-0.3, -0.25) is 0 Å². The Labute approximate surface area is 113 Å². The van der Waals surface area contributed by atoms with Gasteiger partial charge in [0, 0.05) is 18.3 Å². The Morgan fingerprint density at radius 3 is 2.79 bits per heavy atom. The van der Waals surface area contributed by atoms with Crippen LogP contribution in [-0.2, 0) is 13.0 Å². The van der Waals surface area contributed by atoms with Crippen LogP contribution in [-0.4, -0.2) is 23.3 Å². The maximum Gasteiger partial charge on any atom is 0.155 e. The molecule has 1 aliphatic heterocycles. The molecule has 1 aromatic heterocycles. The van der Waals surface area contributed by atoms with E-state index in [1.54, 1.807) is 0 Å². The molecule has 2 heterocycles. The second-order valence-electron chi connectivity index (χ2n) is 4.97. The van der Waals surface area contributed by atoms with Gasteiger partial charge in [-0.15, -0.1) is 5.10 Å². The lowest BCUT2D eigenvalue weighted by molar-refractivity contribution is 0.728. The van der Waals surface area contributed by atoms with E-state index in [-0.39, 0.29) is 0 Å². The van der Waals surface area contributed by atoms with E-state index in [4.69, 9.17) is 0 Å². The fourth-order valence-electron chi connectivity index (χ4n) is 2.67. The molecule has 1 unspecified atom stereocenters. The Morgan fingerprint density at radius 1 is 1.21 bits per heavy atom. The van der Waals surface area contributed by atoms with Crippen molar-refractivity contribution in [1.29, 1.82) is 0 Å². The van der Waals surface area contributed by atoms with E-state index in [1.165, 1.54) is 11.3 Å². The van der Waals surface area contributed by atoms with Crippen molar-refractivity contribution < 1.29 is 0 Å². The zero-order chi connectivity index (χ0) is 13.2. The number of para-hydroxylation sites is 1. The van der Waals surface area contributed by atoms with Gasteiger partial charge in [0.25, 0.3) is 0 Å². The molecule has 0 saturated carbocycles. The molecule has 1 aliphatic rings. The summed E-state index contributed by atoms with van der Waals surface area (Å²) in [5, 5.41) is 11.7. The summed E-state index contributed by atoms with van der Waals surface area (Å²) in [6.07, 6.45) is 1.07. The zero-order valence-electron chi connectivity index (χ0n) is 11.3. The van der Waals surface area contributed by atoms with Crippen molar-refractivity contribution in [3.8, 4) is 0 Å². The van der Waals surface area contributed by atoms with Crippen LogP contribution in [0.3, 0.4) is 0 Å². The first kappa shape index (κ1) is 12.1. The number of nitrogens with zero attached hydrogens (tertiary/aromatic N) is 3. The van der Waals surface area contributed by atoms with Gasteiger partial charge in [0.1, 0.15) is 0 Å². The van der Waals surface area contributed by atoms with Crippen molar-refractivity contribution in [3.63, 3.8) is 0 Å². The normalized spacial score (nSPS) is 17.6. The average Bonchev–Trinajstić information content (AvgIpc) is 2.76. The third-order valence-electron chi connectivity index (χ3n) is 3.52. The molecule has 0 bridgehead atoms. The van der Waals surface area contributed by atoms with E-state index in [2.05, 4.69) is 57.7 Å². The van der Waals surface area contributed by atoms with Crippen LogP contribution >= 0.6 is 0 Å². The van der Waals surface area contributed by atoms with E-state index >= 15 is 0 Å². The summed E-state index contributed by atoms with van der Waals surface area (Å²) < 4.78 is 0. The standard InChI is InChI=1S/C15H18N4/c1-11-9-12-5-3-4-6-14(12)19(11)15-8-7-13(10-16-2)17-18-15/h3-8,11,16H,9-10H2,1-2H3. The summed E-state index contributed by atoms with van der Waals surface area (Å²) in [4.78, 5) is 2.27. The summed E-state index contributed by atoms with van der Waals surface area (Å²) in [6.45, 7) is 2.97. The third kappa shape index (κ3) is 2.19. The summed E-state index contributed by atoms with van der Waals surface area (Å²) in [5.74, 6) is 0.928. The monoisotopic (exact) mass is 254 g/mol. The van der Waals surface area contributed by atoms with Crippen molar-refractivity contribution >= 4 is 11.5 Å². The van der Waals surface area contributed by atoms with Crippen LogP contribution in [0, 0.1) is 0 Å². The summed E-state index contributed by atoms with van der Waals surface area (Å²) >= 11 is 0. The predicted octanol–water partition coefficient (Wildman–Crippen LogP) is 2.28. The van der Waals surface area contributed by atoms with Gasteiger partial charge in [-0.05, 0) is 44.2 Å². The number of benzene rings is 1. The van der Waals surface area contributed by atoms with Gasteiger partial charge in [0.05, 0.1) is 5.69 Å². The molecule has 0 saturated heterocycles. The van der Waals surface area contributed by atoms with Crippen molar-refractivity contribution in [3.05, 3.63) is 47.7 Å². The average molecular weight is 254 g/mol. The maximum absolute atomic E-state index is 4.36. The number of hydrogen-bond donors (Lipinski definition) is 1. The van der Waals surface area contributed by atoms with E-state index in [1.807, 2.05) is 13.1 Å². The fourth-order valence-corrected chi connectivity index (χ4v) is 2.67. The van der Waals surface area contributed by atoms with Crippen LogP contribution < -0.4 is 10.2 Å². The molecule has 0 aliphatic carbocycles. The number of rotatable bonds is 3. The van der Waals surface area contributed by atoms with Gasteiger partial charge >= 0.3 is 0 Å². The minimum atomic E-state index is 0.432. The molecule has 2 aromatic rings. The lowest BCUT2D eigenvalue weighted by Crippen LogP contribution is -2.25. The molecule has 1 N–H and O–H groups in total. The van der Waals surface area contributed by atoms with E-state index in [9.17, 15) is 0 Å². The fraction of sp³-hybridized carbons (Fsp3) is 0.333. The molecule has 98 valence electrons. The van der Waals surface area contributed by atoms with Crippen LogP contribution in [0.2, 0.25) is 0 Å². The molecule has 0 radical (unpaired) electrons. The lowest BCUT2D eigenvalue weighted by atomic mass is 10.1. The SMILES string of the molecule is CNCc1ccc(N2c3ccccc3CC2C)nn1. The third-order valence-corrected chi connectivity index (χ3v) is 3.52. The Bertz CT molecular complexity index is 565. The van der Waals surface area contributed by atoms with Crippen molar-refractivity contribution in [2.45, 2.75) is 25.9 Å². The number of nitrogens with one attached hydrogen (secondary N) is 1. The molecule has 19 heavy (non-hydrogen) atoms. The molecule has 3 rings (SSSR count). The largest absolute Gasteiger partial charge is 0.321 e. The van der Waals surface area contributed by atoms with Gasteiger partial charge < -0.3 is 10.2 Å². The second kappa shape index (κ2) is 4.97. The molecule has 4 nitrogen and oxygen atoms in total. The first-order chi connectivity index (χ1) is 9.29. The van der Waals surface area contributed by atoms with Crippen molar-refractivity contribution in [2.24, 2.45) is 0 Å². The van der Waals surface area contributed by atoms with E-state index < -0.39 is 0 Å². The number of hydrogen-bond acceptors (Lipinski definition) is 4. The van der Waals surface area contributed by atoms with E-state index in [0.717, 1.165) is 24.5 Å².